The number of carbonyl (C=O) groups is 1. The molecule has 0 aromatic heterocycles. The van der Waals surface area contributed by atoms with Crippen molar-refractivity contribution in [1.29, 1.82) is 0 Å². The van der Waals surface area contributed by atoms with Crippen molar-refractivity contribution in [3.05, 3.63) is 0 Å². The first-order valence-corrected chi connectivity index (χ1v) is 27.6. The molecule has 21 heterocycles. The summed E-state index contributed by atoms with van der Waals surface area (Å²) in [6, 6.07) is -1.30. The lowest BCUT2D eigenvalue weighted by atomic mass is 9.94. The third-order valence-electron chi connectivity index (χ3n) is 16.2. The first-order valence-electron chi connectivity index (χ1n) is 27.6. The van der Waals surface area contributed by atoms with Crippen molar-refractivity contribution in [1.82, 2.24) is 5.32 Å². The fourth-order valence-corrected chi connectivity index (χ4v) is 11.4. The topological polar surface area (TPSA) is 583 Å². The van der Waals surface area contributed by atoms with Crippen LogP contribution in [0.5, 0.6) is 0 Å². The monoisotopic (exact) mass is 1250 g/mol. The van der Waals surface area contributed by atoms with Crippen LogP contribution in [-0.2, 0) is 71.1 Å². The number of nitrogens with one attached hydrogen (secondary N) is 1. The second kappa shape index (κ2) is 29.6. The van der Waals surface area contributed by atoms with Gasteiger partial charge in [-0.3, -0.25) is 4.79 Å². The Morgan fingerprint density at radius 3 is 0.647 bits per heavy atom. The van der Waals surface area contributed by atoms with Gasteiger partial charge in [0.1, 0.15) is 177 Å². The number of aliphatic hydroxyl groups is 20. The van der Waals surface area contributed by atoms with Crippen LogP contribution in [0.1, 0.15) is 20.3 Å². The standard InChI is InChI=1S/C48H81NO36/c1-11(2)3-12(41(70)71)49-4-13-34-20(56)27(63)42(72-13)80-35-14(5-50)74-44(29(65)22(35)58)82-37-16(7-52)76-46(31(67)24(37)60)84-39-18(9-54)78-48(33(69)26(39)62)85-40-19(10-55)77-47(32(68)25(40)61)83-38-17(8-53)75-45(30(66)23(38)59)81-36-15(6-51)73-43(79-34)28(64)21(36)57/h11-40,42-69H,3-10H2,1-2H3,(H,70,71)/t12-,13+,14+,15+,16+,17+,18+,19+,20+,21+,22+,23+,24+,25+,26+,27+,28+,29+,30+,31+,32+,33+,34+,35+,36+,37+,38+,39+,40+,42+,43+,44+,45+,46+,47+,48+/m0/s1. The van der Waals surface area contributed by atoms with E-state index in [-0.39, 0.29) is 12.3 Å². The van der Waals surface area contributed by atoms with Gasteiger partial charge in [-0.15, -0.1) is 0 Å². The zero-order valence-electron chi connectivity index (χ0n) is 45.5. The highest BCUT2D eigenvalue weighted by atomic mass is 16.8. The molecule has 0 aliphatic carbocycles. The molecule has 21 aliphatic heterocycles. The number of hydrogen-bond acceptors (Lipinski definition) is 36. The quantitative estimate of drug-likeness (QED) is 0.0863. The van der Waals surface area contributed by atoms with Gasteiger partial charge >= 0.3 is 5.97 Å². The van der Waals surface area contributed by atoms with Crippen molar-refractivity contribution in [2.24, 2.45) is 5.92 Å². The summed E-state index contributed by atoms with van der Waals surface area (Å²) in [7, 11) is 0. The molecule has 0 amide bonds. The highest BCUT2D eigenvalue weighted by Gasteiger charge is 2.59. The van der Waals surface area contributed by atoms with E-state index in [9.17, 15) is 112 Å². The van der Waals surface area contributed by atoms with E-state index in [0.717, 1.165) is 0 Å². The van der Waals surface area contributed by atoms with Crippen molar-refractivity contribution < 1.29 is 178 Å². The Hall–Kier alpha value is -1.93. The molecule has 85 heavy (non-hydrogen) atoms. The Balaban J connectivity index is 1.11. The summed E-state index contributed by atoms with van der Waals surface area (Å²) >= 11 is 0. The third kappa shape index (κ3) is 14.4. The van der Waals surface area contributed by atoms with Crippen LogP contribution in [0.4, 0.5) is 0 Å². The average molecular weight is 1250 g/mol. The van der Waals surface area contributed by atoms with Crippen LogP contribution in [0, 0.1) is 5.92 Å². The van der Waals surface area contributed by atoms with Gasteiger partial charge in [0.15, 0.2) is 44.0 Å². The van der Waals surface area contributed by atoms with E-state index >= 15 is 0 Å². The molecule has 21 saturated heterocycles. The van der Waals surface area contributed by atoms with Crippen molar-refractivity contribution in [3.8, 4) is 0 Å². The van der Waals surface area contributed by atoms with Gasteiger partial charge in [0.2, 0.25) is 0 Å². The van der Waals surface area contributed by atoms with Gasteiger partial charge < -0.3 is 179 Å². The van der Waals surface area contributed by atoms with E-state index < -0.39 is 273 Å². The fraction of sp³-hybridized carbons (Fsp3) is 0.979. The zero-order valence-corrected chi connectivity index (χ0v) is 45.5. The van der Waals surface area contributed by atoms with E-state index in [4.69, 9.17) is 66.3 Å². The van der Waals surface area contributed by atoms with Gasteiger partial charge in [-0.05, 0) is 12.3 Å². The number of aliphatic hydroxyl groups excluding tert-OH is 20. The number of carboxylic acids is 1. The van der Waals surface area contributed by atoms with Gasteiger partial charge in [-0.25, -0.2) is 0 Å². The molecule has 494 valence electrons. The van der Waals surface area contributed by atoms with E-state index in [0.29, 0.717) is 0 Å². The Labute approximate surface area is 482 Å². The smallest absolute Gasteiger partial charge is 0.320 e. The van der Waals surface area contributed by atoms with Crippen LogP contribution in [0.15, 0.2) is 0 Å². The SMILES string of the molecule is CC(C)C[C@H](NC[C@H]1O[C@@H]2O[C@H]3[C@H](O)[C@@H](O)[C@@H](O[C@H]4[C@H](O)[C@@H](O)[C@@H](O[C@H]5[C@H](O)[C@@H](O)[C@@H](O[C@H]6[C@H](O)[C@@H](O)[C@@H](O[C@H]7[C@H](O)[C@@H](O)[C@@H](O[C@H]8[C@H](O)[C@@H](O)[C@@H](O[C@H]1[C@H](O)[C@H]2O)O[C@@H]8CO)O[C@@H]7CO)O[C@@H]6CO)O[C@@H]5CO)O[C@@H]4CO)O[C@@H]3CO)C(=O)O. The highest BCUT2D eigenvalue weighted by molar-refractivity contribution is 5.73. The summed E-state index contributed by atoms with van der Waals surface area (Å²) in [5.41, 5.74) is 0. The summed E-state index contributed by atoms with van der Waals surface area (Å²) in [5.74, 6) is -1.54. The zero-order chi connectivity index (χ0) is 62.2. The maximum Gasteiger partial charge on any atom is 0.320 e. The van der Waals surface area contributed by atoms with Gasteiger partial charge in [0, 0.05) is 6.54 Å². The van der Waals surface area contributed by atoms with Gasteiger partial charge in [-0.2, -0.15) is 0 Å². The number of aliphatic carboxylic acids is 1. The van der Waals surface area contributed by atoms with E-state index in [2.05, 4.69) is 5.32 Å². The number of hydrogen-bond donors (Lipinski definition) is 22. The normalized spacial score (nSPS) is 51.7. The molecule has 0 aromatic rings. The minimum absolute atomic E-state index is 0.0270. The lowest BCUT2D eigenvalue weighted by Crippen LogP contribution is -2.68. The highest BCUT2D eigenvalue weighted by Crippen LogP contribution is 2.39. The van der Waals surface area contributed by atoms with Crippen molar-refractivity contribution in [2.45, 2.75) is 241 Å². The number of carboxylic acid groups (broad SMARTS) is 1. The maximum atomic E-state index is 12.4. The molecule has 36 atom stereocenters. The molecule has 0 saturated carbocycles. The molecule has 37 nitrogen and oxygen atoms in total. The summed E-state index contributed by atoms with van der Waals surface area (Å²) in [5, 5.41) is 236. The molecule has 21 rings (SSSR count). The van der Waals surface area contributed by atoms with Crippen molar-refractivity contribution in [3.63, 3.8) is 0 Å². The largest absolute Gasteiger partial charge is 0.480 e. The molecule has 0 unspecified atom stereocenters. The predicted molar refractivity (Wildman–Crippen MR) is 260 cm³/mol. The van der Waals surface area contributed by atoms with Crippen LogP contribution in [-0.4, -0.2) is 380 Å². The molecule has 22 N–H and O–H groups in total. The third-order valence-corrected chi connectivity index (χ3v) is 16.2. The number of ether oxygens (including phenoxy) is 14. The van der Waals surface area contributed by atoms with Crippen molar-refractivity contribution in [2.75, 3.05) is 46.2 Å². The first-order chi connectivity index (χ1) is 40.3. The first kappa shape index (κ1) is 69.0. The molecule has 0 spiro atoms. The summed E-state index contributed by atoms with van der Waals surface area (Å²) < 4.78 is 80.9. The molecule has 21 aliphatic rings. The average Bonchev–Trinajstić information content (AvgIpc) is 2.42. The van der Waals surface area contributed by atoms with E-state index in [1.165, 1.54) is 0 Å². The number of rotatable bonds is 12. The van der Waals surface area contributed by atoms with E-state index in [1.807, 2.05) is 0 Å². The maximum absolute atomic E-state index is 12.4. The molecule has 14 bridgehead atoms. The Morgan fingerprint density at radius 1 is 0.306 bits per heavy atom. The Kier molecular flexibility index (Phi) is 24.0. The van der Waals surface area contributed by atoms with Crippen LogP contribution in [0.3, 0.4) is 0 Å². The summed E-state index contributed by atoms with van der Waals surface area (Å²) in [6.07, 6.45) is -71.2. The van der Waals surface area contributed by atoms with Gasteiger partial charge in [0.25, 0.3) is 0 Å². The second-order valence-electron chi connectivity index (χ2n) is 22.4. The molecule has 0 radical (unpaired) electrons. The van der Waals surface area contributed by atoms with E-state index in [1.54, 1.807) is 13.8 Å². The summed E-state index contributed by atoms with van der Waals surface area (Å²) in [6.45, 7) is -3.55. The minimum Gasteiger partial charge on any atom is -0.480 e. The lowest BCUT2D eigenvalue weighted by Gasteiger charge is -2.50. The van der Waals surface area contributed by atoms with Crippen LogP contribution in [0.2, 0.25) is 0 Å². The van der Waals surface area contributed by atoms with Crippen LogP contribution >= 0.6 is 0 Å². The van der Waals surface area contributed by atoms with Gasteiger partial charge in [0.05, 0.1) is 39.6 Å². The minimum atomic E-state index is -2.26. The Bertz CT molecular complexity index is 2060. The van der Waals surface area contributed by atoms with Crippen LogP contribution < -0.4 is 5.32 Å². The summed E-state index contributed by atoms with van der Waals surface area (Å²) in [4.78, 5) is 12.4. The second-order valence-corrected chi connectivity index (χ2v) is 22.4. The predicted octanol–water partition coefficient (Wildman–Crippen LogP) is -14.1. The van der Waals surface area contributed by atoms with Crippen molar-refractivity contribution >= 4 is 5.97 Å². The molecule has 0 aromatic carbocycles. The van der Waals surface area contributed by atoms with Crippen LogP contribution in [0.25, 0.3) is 0 Å². The molecule has 21 fully saturated rings. The van der Waals surface area contributed by atoms with Gasteiger partial charge in [-0.1, -0.05) is 13.8 Å². The Morgan fingerprint density at radius 2 is 0.482 bits per heavy atom. The molecular formula is C48H81NO36. The molecule has 37 heteroatoms. The molecular weight excluding hydrogens is 1170 g/mol. The lowest BCUT2D eigenvalue weighted by molar-refractivity contribution is -0.396. The fourth-order valence-electron chi connectivity index (χ4n) is 11.4.